The zero-order valence-corrected chi connectivity index (χ0v) is 14.4. The maximum atomic E-state index is 12.4. The molecule has 5 nitrogen and oxygen atoms in total. The van der Waals surface area contributed by atoms with Gasteiger partial charge in [0.05, 0.1) is 6.42 Å². The quantitative estimate of drug-likeness (QED) is 0.722. The highest BCUT2D eigenvalue weighted by Gasteiger charge is 2.30. The van der Waals surface area contributed by atoms with E-state index in [9.17, 15) is 9.59 Å². The summed E-state index contributed by atoms with van der Waals surface area (Å²) >= 11 is 0. The lowest BCUT2D eigenvalue weighted by Crippen LogP contribution is -2.51. The number of nitrogens with zero attached hydrogens (tertiary/aromatic N) is 1. The molecule has 0 aliphatic heterocycles. The van der Waals surface area contributed by atoms with E-state index in [-0.39, 0.29) is 23.9 Å². The van der Waals surface area contributed by atoms with Gasteiger partial charge in [-0.05, 0) is 18.3 Å². The predicted molar refractivity (Wildman–Crippen MR) is 85.3 cm³/mol. The van der Waals surface area contributed by atoms with Crippen LogP contribution in [0.2, 0.25) is 0 Å². The lowest BCUT2D eigenvalue weighted by atomic mass is 9.85. The first-order valence-electron chi connectivity index (χ1n) is 7.92. The minimum atomic E-state index is -0.890. The molecule has 0 radical (unpaired) electrons. The van der Waals surface area contributed by atoms with E-state index >= 15 is 0 Å². The molecule has 0 rings (SSSR count). The molecular weight excluding hydrogens is 268 g/mol. The van der Waals surface area contributed by atoms with Gasteiger partial charge in [0.1, 0.15) is 0 Å². The Hall–Kier alpha value is -1.26. The van der Waals surface area contributed by atoms with Crippen molar-refractivity contribution < 1.29 is 14.7 Å². The van der Waals surface area contributed by atoms with E-state index in [1.54, 1.807) is 4.90 Å². The maximum Gasteiger partial charge on any atom is 0.317 e. The number of urea groups is 1. The van der Waals surface area contributed by atoms with E-state index < -0.39 is 5.97 Å². The molecule has 2 N–H and O–H groups in total. The van der Waals surface area contributed by atoms with E-state index in [0.717, 1.165) is 19.4 Å². The van der Waals surface area contributed by atoms with Crippen molar-refractivity contribution in [2.24, 2.45) is 11.3 Å². The van der Waals surface area contributed by atoms with Crippen LogP contribution in [0.1, 0.15) is 60.8 Å². The molecule has 1 atom stereocenters. The second-order valence-corrected chi connectivity index (χ2v) is 6.69. The highest BCUT2D eigenvalue weighted by atomic mass is 16.4. The summed E-state index contributed by atoms with van der Waals surface area (Å²) in [6.07, 6.45) is 2.02. The largest absolute Gasteiger partial charge is 0.481 e. The average molecular weight is 300 g/mol. The van der Waals surface area contributed by atoms with Crippen molar-refractivity contribution in [1.82, 2.24) is 10.2 Å². The van der Waals surface area contributed by atoms with Crippen molar-refractivity contribution in [1.29, 1.82) is 0 Å². The number of carbonyl (C=O) groups is 2. The topological polar surface area (TPSA) is 69.6 Å². The Morgan fingerprint density at radius 1 is 1.14 bits per heavy atom. The number of hydrogen-bond donors (Lipinski definition) is 2. The van der Waals surface area contributed by atoms with E-state index in [1.165, 1.54) is 0 Å². The van der Waals surface area contributed by atoms with Crippen LogP contribution in [-0.2, 0) is 4.79 Å². The molecule has 21 heavy (non-hydrogen) atoms. The lowest BCUT2D eigenvalue weighted by molar-refractivity contribution is -0.138. The molecular formula is C16H32N2O3. The normalized spacial score (nSPS) is 13.1. The number of carbonyl (C=O) groups excluding carboxylic acids is 1. The van der Waals surface area contributed by atoms with Gasteiger partial charge in [0, 0.05) is 19.1 Å². The summed E-state index contributed by atoms with van der Waals surface area (Å²) in [7, 11) is 0. The zero-order valence-electron chi connectivity index (χ0n) is 14.4. The number of nitrogens with one attached hydrogen (secondary N) is 1. The number of hydrogen-bond acceptors (Lipinski definition) is 2. The van der Waals surface area contributed by atoms with Gasteiger partial charge in [0.2, 0.25) is 0 Å². The lowest BCUT2D eigenvalue weighted by Gasteiger charge is -2.33. The molecule has 0 aliphatic carbocycles. The number of rotatable bonds is 8. The fraction of sp³-hybridized carbons (Fsp3) is 0.875. The third-order valence-electron chi connectivity index (χ3n) is 4.02. The minimum Gasteiger partial charge on any atom is -0.481 e. The fourth-order valence-corrected chi connectivity index (χ4v) is 2.20. The first-order valence-corrected chi connectivity index (χ1v) is 7.92. The highest BCUT2D eigenvalue weighted by molar-refractivity contribution is 5.76. The van der Waals surface area contributed by atoms with E-state index in [2.05, 4.69) is 19.2 Å². The van der Waals surface area contributed by atoms with Crippen LogP contribution in [0.25, 0.3) is 0 Å². The van der Waals surface area contributed by atoms with Crippen LogP contribution in [-0.4, -0.2) is 41.1 Å². The summed E-state index contributed by atoms with van der Waals surface area (Å²) in [5.74, 6) is -0.401. The smallest absolute Gasteiger partial charge is 0.317 e. The zero-order chi connectivity index (χ0) is 16.6. The predicted octanol–water partition coefficient (Wildman–Crippen LogP) is 3.34. The fourth-order valence-electron chi connectivity index (χ4n) is 2.20. The van der Waals surface area contributed by atoms with Crippen molar-refractivity contribution in [2.45, 2.75) is 66.8 Å². The Kier molecular flexibility index (Phi) is 8.37. The first-order chi connectivity index (χ1) is 9.65. The van der Waals surface area contributed by atoms with Crippen LogP contribution in [0.15, 0.2) is 0 Å². The van der Waals surface area contributed by atoms with E-state index in [0.29, 0.717) is 12.5 Å². The minimum absolute atomic E-state index is 0.0578. The Bertz CT molecular complexity index is 333. The molecule has 5 heteroatoms. The third-order valence-corrected chi connectivity index (χ3v) is 4.02. The van der Waals surface area contributed by atoms with Gasteiger partial charge < -0.3 is 15.3 Å². The van der Waals surface area contributed by atoms with Gasteiger partial charge in [0.15, 0.2) is 0 Å². The molecule has 2 amide bonds. The average Bonchev–Trinajstić information content (AvgIpc) is 2.37. The van der Waals surface area contributed by atoms with Crippen molar-refractivity contribution in [3.63, 3.8) is 0 Å². The molecule has 124 valence electrons. The summed E-state index contributed by atoms with van der Waals surface area (Å²) in [6, 6.07) is -0.538. The molecule has 0 aromatic heterocycles. The highest BCUT2D eigenvalue weighted by Crippen LogP contribution is 2.22. The van der Waals surface area contributed by atoms with Crippen molar-refractivity contribution in [3.8, 4) is 0 Å². The van der Waals surface area contributed by atoms with Crippen molar-refractivity contribution in [2.75, 3.05) is 13.1 Å². The second-order valence-electron chi connectivity index (χ2n) is 6.69. The molecule has 0 bridgehead atoms. The van der Waals surface area contributed by atoms with Crippen LogP contribution < -0.4 is 5.32 Å². The van der Waals surface area contributed by atoms with Crippen molar-refractivity contribution >= 4 is 12.0 Å². The van der Waals surface area contributed by atoms with Crippen LogP contribution in [0.5, 0.6) is 0 Å². The number of amides is 2. The summed E-state index contributed by atoms with van der Waals surface area (Å²) < 4.78 is 0. The third kappa shape index (κ3) is 7.34. The van der Waals surface area contributed by atoms with Crippen molar-refractivity contribution in [3.05, 3.63) is 0 Å². The Labute approximate surface area is 129 Å². The summed E-state index contributed by atoms with van der Waals surface area (Å²) in [5, 5.41) is 11.9. The van der Waals surface area contributed by atoms with Crippen LogP contribution in [0.4, 0.5) is 4.79 Å². The second kappa shape index (κ2) is 8.90. The molecule has 0 saturated heterocycles. The molecule has 1 unspecified atom stereocenters. The number of carboxylic acid groups (broad SMARTS) is 1. The molecule has 0 aromatic carbocycles. The summed E-state index contributed by atoms with van der Waals surface area (Å²) in [6.45, 7) is 13.4. The van der Waals surface area contributed by atoms with Crippen LogP contribution in [0, 0.1) is 11.3 Å². The van der Waals surface area contributed by atoms with Gasteiger partial charge >= 0.3 is 12.0 Å². The summed E-state index contributed by atoms with van der Waals surface area (Å²) in [5.41, 5.74) is -0.289. The number of carboxylic acids is 1. The van der Waals surface area contributed by atoms with Crippen LogP contribution in [0.3, 0.4) is 0 Å². The van der Waals surface area contributed by atoms with E-state index in [4.69, 9.17) is 5.11 Å². The molecule has 0 aromatic rings. The van der Waals surface area contributed by atoms with Crippen LogP contribution >= 0.6 is 0 Å². The molecule has 0 saturated carbocycles. The van der Waals surface area contributed by atoms with Gasteiger partial charge in [0.25, 0.3) is 0 Å². The SMILES string of the molecule is CCC(CC)CN(CC)C(=O)NC(CC(=O)O)C(C)(C)C. The van der Waals surface area contributed by atoms with E-state index in [1.807, 2.05) is 27.7 Å². The van der Waals surface area contributed by atoms with Gasteiger partial charge in [-0.15, -0.1) is 0 Å². The Morgan fingerprint density at radius 3 is 2.00 bits per heavy atom. The number of aliphatic carboxylic acids is 1. The standard InChI is InChI=1S/C16H32N2O3/c1-7-12(8-2)11-18(9-3)15(21)17-13(10-14(19)20)16(4,5)6/h12-13H,7-11H2,1-6H3,(H,17,21)(H,19,20). The summed E-state index contributed by atoms with van der Waals surface area (Å²) in [4.78, 5) is 25.2. The monoisotopic (exact) mass is 300 g/mol. The maximum absolute atomic E-state index is 12.4. The molecule has 0 aliphatic rings. The first kappa shape index (κ1) is 19.7. The Morgan fingerprint density at radius 2 is 1.67 bits per heavy atom. The molecule has 0 fully saturated rings. The van der Waals surface area contributed by atoms with Gasteiger partial charge in [-0.25, -0.2) is 4.79 Å². The molecule has 0 spiro atoms. The van der Waals surface area contributed by atoms with Gasteiger partial charge in [-0.1, -0.05) is 47.5 Å². The Balaban J connectivity index is 4.81. The van der Waals surface area contributed by atoms with Gasteiger partial charge in [-0.2, -0.15) is 0 Å². The van der Waals surface area contributed by atoms with Gasteiger partial charge in [-0.3, -0.25) is 4.79 Å². The molecule has 0 heterocycles.